The van der Waals surface area contributed by atoms with E-state index in [1.54, 1.807) is 12.1 Å². The van der Waals surface area contributed by atoms with Crippen molar-refractivity contribution in [2.45, 2.75) is 13.8 Å². The molecule has 0 atom stereocenters. The second-order valence-electron chi connectivity index (χ2n) is 3.98. The molecule has 0 radical (unpaired) electrons. The summed E-state index contributed by atoms with van der Waals surface area (Å²) in [5.74, 6) is -2.10. The molecule has 2 amide bonds. The number of carbonyl (C=O) groups excluding carboxylic acids is 2. The average Bonchev–Trinajstić information content (AvgIpc) is 2.42. The third-order valence-corrected chi connectivity index (χ3v) is 2.74. The normalized spacial score (nSPS) is 10.5. The number of carbonyl (C=O) groups is 2. The highest BCUT2D eigenvalue weighted by Crippen LogP contribution is 2.23. The lowest BCUT2D eigenvalue weighted by molar-refractivity contribution is -0.137. The van der Waals surface area contributed by atoms with E-state index in [9.17, 15) is 14.7 Å². The van der Waals surface area contributed by atoms with Gasteiger partial charge in [0.15, 0.2) is 0 Å². The number of hydrogen-bond acceptors (Lipinski definition) is 5. The van der Waals surface area contributed by atoms with E-state index >= 15 is 0 Å². The highest BCUT2D eigenvalue weighted by molar-refractivity contribution is 6.34. The molecule has 0 aliphatic rings. The van der Waals surface area contributed by atoms with E-state index in [1.165, 1.54) is 6.21 Å². The second kappa shape index (κ2) is 7.13. The number of aromatic hydroxyl groups is 1. The molecule has 0 saturated carbocycles. The first kappa shape index (κ1) is 15.5. The molecule has 7 heteroatoms. The molecule has 0 bridgehead atoms. The van der Waals surface area contributed by atoms with Crippen molar-refractivity contribution in [1.29, 1.82) is 0 Å². The minimum Gasteiger partial charge on any atom is -0.507 e. The van der Waals surface area contributed by atoms with Crippen molar-refractivity contribution < 1.29 is 14.7 Å². The third kappa shape index (κ3) is 3.98. The number of nitrogens with two attached hydrogens (primary N) is 1. The van der Waals surface area contributed by atoms with Crippen LogP contribution in [0.25, 0.3) is 0 Å². The van der Waals surface area contributed by atoms with Crippen molar-refractivity contribution in [2.24, 2.45) is 10.8 Å². The summed E-state index contributed by atoms with van der Waals surface area (Å²) in [7, 11) is 0. The van der Waals surface area contributed by atoms with Crippen molar-refractivity contribution in [3.8, 4) is 5.75 Å². The summed E-state index contributed by atoms with van der Waals surface area (Å²) in [6, 6.07) is 5.12. The van der Waals surface area contributed by atoms with Gasteiger partial charge in [-0.15, -0.1) is 0 Å². The number of hydrazone groups is 1. The number of anilines is 1. The van der Waals surface area contributed by atoms with Crippen LogP contribution in [0.3, 0.4) is 0 Å². The van der Waals surface area contributed by atoms with Gasteiger partial charge in [0.1, 0.15) is 5.75 Å². The fraction of sp³-hybridized carbons (Fsp3) is 0.308. The van der Waals surface area contributed by atoms with E-state index in [4.69, 9.17) is 5.73 Å². The van der Waals surface area contributed by atoms with Crippen LogP contribution in [0.15, 0.2) is 23.3 Å². The maximum absolute atomic E-state index is 10.9. The average molecular weight is 278 g/mol. The molecule has 1 aromatic rings. The SMILES string of the molecule is CCN(CC)c1ccc(/C=N/NC(=O)C(N)=O)c(O)c1. The number of phenolic OH excluding ortho intramolecular Hbond substituents is 1. The lowest BCUT2D eigenvalue weighted by atomic mass is 10.2. The Kier molecular flexibility index (Phi) is 5.52. The number of amides is 2. The van der Waals surface area contributed by atoms with Crippen LogP contribution in [-0.4, -0.2) is 36.2 Å². The van der Waals surface area contributed by atoms with Crippen LogP contribution in [-0.2, 0) is 9.59 Å². The van der Waals surface area contributed by atoms with E-state index in [1.807, 2.05) is 25.3 Å². The molecule has 0 aromatic heterocycles. The predicted octanol–water partition coefficient (Wildman–Crippen LogP) is 0.174. The minimum absolute atomic E-state index is 0.0338. The molecule has 4 N–H and O–H groups in total. The van der Waals surface area contributed by atoms with E-state index in [2.05, 4.69) is 10.0 Å². The van der Waals surface area contributed by atoms with Crippen LogP contribution in [0.1, 0.15) is 19.4 Å². The van der Waals surface area contributed by atoms with Gasteiger partial charge in [0.25, 0.3) is 0 Å². The molecule has 20 heavy (non-hydrogen) atoms. The smallest absolute Gasteiger partial charge is 0.329 e. The largest absolute Gasteiger partial charge is 0.507 e. The third-order valence-electron chi connectivity index (χ3n) is 2.74. The van der Waals surface area contributed by atoms with Crippen molar-refractivity contribution in [2.75, 3.05) is 18.0 Å². The number of hydrogen-bond donors (Lipinski definition) is 3. The Morgan fingerprint density at radius 3 is 2.55 bits per heavy atom. The Morgan fingerprint density at radius 2 is 2.05 bits per heavy atom. The molecular weight excluding hydrogens is 260 g/mol. The number of rotatable bonds is 5. The lowest BCUT2D eigenvalue weighted by Crippen LogP contribution is -2.32. The number of nitrogens with one attached hydrogen (secondary N) is 1. The monoisotopic (exact) mass is 278 g/mol. The van der Waals surface area contributed by atoms with Gasteiger partial charge in [0, 0.05) is 30.4 Å². The summed E-state index contributed by atoms with van der Waals surface area (Å²) in [6.07, 6.45) is 1.24. The molecule has 0 aliphatic carbocycles. The zero-order valence-corrected chi connectivity index (χ0v) is 11.5. The van der Waals surface area contributed by atoms with Crippen LogP contribution in [0.2, 0.25) is 0 Å². The van der Waals surface area contributed by atoms with Gasteiger partial charge >= 0.3 is 11.8 Å². The molecule has 0 fully saturated rings. The fourth-order valence-corrected chi connectivity index (χ4v) is 1.64. The topological polar surface area (TPSA) is 108 Å². The Bertz CT molecular complexity index is 524. The van der Waals surface area contributed by atoms with E-state index in [0.29, 0.717) is 5.56 Å². The molecule has 1 aromatic carbocycles. The first-order chi connectivity index (χ1) is 9.49. The van der Waals surface area contributed by atoms with Gasteiger partial charge in [-0.2, -0.15) is 5.10 Å². The summed E-state index contributed by atoms with van der Waals surface area (Å²) in [6.45, 7) is 5.71. The van der Waals surface area contributed by atoms with E-state index < -0.39 is 11.8 Å². The zero-order valence-electron chi connectivity index (χ0n) is 11.5. The Morgan fingerprint density at radius 1 is 1.40 bits per heavy atom. The molecule has 0 spiro atoms. The number of primary amides is 1. The van der Waals surface area contributed by atoms with Gasteiger partial charge in [-0.1, -0.05) is 0 Å². The molecule has 0 aliphatic heterocycles. The summed E-state index contributed by atoms with van der Waals surface area (Å²) in [5, 5.41) is 13.4. The fourth-order valence-electron chi connectivity index (χ4n) is 1.64. The van der Waals surface area contributed by atoms with Crippen LogP contribution >= 0.6 is 0 Å². The number of nitrogens with zero attached hydrogens (tertiary/aromatic N) is 2. The Labute approximate surface area is 117 Å². The molecule has 0 saturated heterocycles. The van der Waals surface area contributed by atoms with Gasteiger partial charge in [-0.25, -0.2) is 5.43 Å². The minimum atomic E-state index is -1.12. The predicted molar refractivity (Wildman–Crippen MR) is 76.6 cm³/mol. The van der Waals surface area contributed by atoms with Crippen LogP contribution in [0.5, 0.6) is 5.75 Å². The van der Waals surface area contributed by atoms with E-state index in [-0.39, 0.29) is 5.75 Å². The maximum atomic E-state index is 10.9. The summed E-state index contributed by atoms with van der Waals surface area (Å²) in [5.41, 5.74) is 8.02. The molecule has 7 nitrogen and oxygen atoms in total. The van der Waals surface area contributed by atoms with Crippen LogP contribution in [0, 0.1) is 0 Å². The van der Waals surface area contributed by atoms with Gasteiger partial charge in [-0.3, -0.25) is 9.59 Å². The molecule has 1 rings (SSSR count). The number of phenols is 1. The molecule has 108 valence electrons. The standard InChI is InChI=1S/C13H18N4O3/c1-3-17(4-2)10-6-5-9(11(18)7-10)8-15-16-13(20)12(14)19/h5-8,18H,3-4H2,1-2H3,(H2,14,19)(H,16,20)/b15-8+. The zero-order chi connectivity index (χ0) is 15.1. The van der Waals surface area contributed by atoms with Crippen molar-refractivity contribution in [3.05, 3.63) is 23.8 Å². The molecule has 0 heterocycles. The summed E-state index contributed by atoms with van der Waals surface area (Å²) >= 11 is 0. The highest BCUT2D eigenvalue weighted by atomic mass is 16.3. The van der Waals surface area contributed by atoms with Crippen molar-refractivity contribution in [3.63, 3.8) is 0 Å². The molecule has 0 unspecified atom stereocenters. The quantitative estimate of drug-likeness (QED) is 0.405. The second-order valence-corrected chi connectivity index (χ2v) is 3.98. The Balaban J connectivity index is 2.81. The van der Waals surface area contributed by atoms with Gasteiger partial charge in [0.2, 0.25) is 0 Å². The lowest BCUT2D eigenvalue weighted by Gasteiger charge is -2.21. The van der Waals surface area contributed by atoms with Gasteiger partial charge < -0.3 is 15.7 Å². The van der Waals surface area contributed by atoms with Crippen molar-refractivity contribution in [1.82, 2.24) is 5.43 Å². The summed E-state index contributed by atoms with van der Waals surface area (Å²) < 4.78 is 0. The first-order valence-electron chi connectivity index (χ1n) is 6.20. The highest BCUT2D eigenvalue weighted by Gasteiger charge is 2.07. The summed E-state index contributed by atoms with van der Waals surface area (Å²) in [4.78, 5) is 23.4. The van der Waals surface area contributed by atoms with E-state index in [0.717, 1.165) is 18.8 Å². The van der Waals surface area contributed by atoms with Crippen LogP contribution < -0.4 is 16.1 Å². The molecular formula is C13H18N4O3. The van der Waals surface area contributed by atoms with Gasteiger partial charge in [0.05, 0.1) is 6.21 Å². The van der Waals surface area contributed by atoms with Crippen LogP contribution in [0.4, 0.5) is 5.69 Å². The first-order valence-corrected chi connectivity index (χ1v) is 6.20. The van der Waals surface area contributed by atoms with Crippen molar-refractivity contribution >= 4 is 23.7 Å². The number of benzene rings is 1. The maximum Gasteiger partial charge on any atom is 0.329 e. The van der Waals surface area contributed by atoms with Gasteiger partial charge in [-0.05, 0) is 26.0 Å². The Hall–Kier alpha value is -2.57.